The van der Waals surface area contributed by atoms with Gasteiger partial charge in [0.15, 0.2) is 0 Å². The van der Waals surface area contributed by atoms with E-state index in [4.69, 9.17) is 0 Å². The normalized spacial score (nSPS) is 9.85. The number of benzene rings is 1. The number of carbonyl (C=O) groups excluding carboxylic acids is 1. The zero-order valence-electron chi connectivity index (χ0n) is 7.32. The summed E-state index contributed by atoms with van der Waals surface area (Å²) in [7, 11) is 0. The molecule has 70 valence electrons. The number of amides is 1. The van der Waals surface area contributed by atoms with E-state index in [9.17, 15) is 9.18 Å². The molecule has 1 N–H and O–H groups in total. The van der Waals surface area contributed by atoms with Crippen molar-refractivity contribution < 1.29 is 9.18 Å². The van der Waals surface area contributed by atoms with Gasteiger partial charge in [0.05, 0.1) is 5.69 Å². The molecule has 0 spiro atoms. The summed E-state index contributed by atoms with van der Waals surface area (Å²) < 4.78 is 13.9. The van der Waals surface area contributed by atoms with Crippen LogP contribution in [-0.2, 0) is 4.79 Å². The summed E-state index contributed by atoms with van der Waals surface area (Å²) >= 11 is 3.25. The lowest BCUT2D eigenvalue weighted by Gasteiger charge is -2.06. The van der Waals surface area contributed by atoms with Crippen molar-refractivity contribution in [3.63, 3.8) is 0 Å². The third-order valence-electron chi connectivity index (χ3n) is 1.56. The highest BCUT2D eigenvalue weighted by atomic mass is 79.9. The van der Waals surface area contributed by atoms with Gasteiger partial charge < -0.3 is 5.32 Å². The van der Waals surface area contributed by atoms with Crippen LogP contribution in [0.15, 0.2) is 16.6 Å². The summed E-state index contributed by atoms with van der Waals surface area (Å²) in [6.45, 7) is 3.12. The Bertz CT molecular complexity index is 352. The van der Waals surface area contributed by atoms with Crippen LogP contribution < -0.4 is 5.32 Å². The van der Waals surface area contributed by atoms with Crippen molar-refractivity contribution in [2.75, 3.05) is 5.32 Å². The second kappa shape index (κ2) is 3.87. The summed E-state index contributed by atoms with van der Waals surface area (Å²) in [5, 5.41) is 2.40. The van der Waals surface area contributed by atoms with Crippen LogP contribution in [0.25, 0.3) is 0 Å². The molecule has 0 saturated heterocycles. The zero-order valence-corrected chi connectivity index (χ0v) is 8.90. The lowest BCUT2D eigenvalue weighted by molar-refractivity contribution is -0.114. The minimum atomic E-state index is -0.420. The molecule has 0 aliphatic heterocycles. The van der Waals surface area contributed by atoms with Crippen molar-refractivity contribution in [3.8, 4) is 0 Å². The number of rotatable bonds is 1. The Morgan fingerprint density at radius 1 is 1.54 bits per heavy atom. The number of anilines is 1. The van der Waals surface area contributed by atoms with Gasteiger partial charge in [0, 0.05) is 11.4 Å². The van der Waals surface area contributed by atoms with Crippen LogP contribution in [0.1, 0.15) is 12.5 Å². The van der Waals surface area contributed by atoms with Crippen molar-refractivity contribution in [2.45, 2.75) is 13.8 Å². The van der Waals surface area contributed by atoms with E-state index < -0.39 is 5.82 Å². The van der Waals surface area contributed by atoms with Gasteiger partial charge in [-0.3, -0.25) is 4.79 Å². The molecule has 0 atom stereocenters. The minimum absolute atomic E-state index is 0.199. The summed E-state index contributed by atoms with van der Waals surface area (Å²) in [4.78, 5) is 10.7. The van der Waals surface area contributed by atoms with E-state index in [1.807, 2.05) is 0 Å². The van der Waals surface area contributed by atoms with Gasteiger partial charge in [-0.05, 0) is 24.6 Å². The second-order valence-corrected chi connectivity index (χ2v) is 3.62. The molecule has 0 bridgehead atoms. The van der Waals surface area contributed by atoms with Crippen LogP contribution in [0.4, 0.5) is 10.1 Å². The van der Waals surface area contributed by atoms with E-state index in [0.29, 0.717) is 0 Å². The number of hydrogen-bond donors (Lipinski definition) is 1. The molecule has 1 rings (SSSR count). The first-order valence-corrected chi connectivity index (χ1v) is 4.53. The van der Waals surface area contributed by atoms with Crippen molar-refractivity contribution in [3.05, 3.63) is 28.0 Å². The summed E-state index contributed by atoms with van der Waals surface area (Å²) in [5.41, 5.74) is 0.997. The van der Waals surface area contributed by atoms with E-state index in [1.54, 1.807) is 13.0 Å². The lowest BCUT2D eigenvalue weighted by atomic mass is 10.2. The minimum Gasteiger partial charge on any atom is -0.324 e. The molecule has 13 heavy (non-hydrogen) atoms. The fourth-order valence-electron chi connectivity index (χ4n) is 0.932. The molecule has 0 fully saturated rings. The Kier molecular flexibility index (Phi) is 3.03. The molecule has 0 radical (unpaired) electrons. The highest BCUT2D eigenvalue weighted by Crippen LogP contribution is 2.23. The third kappa shape index (κ3) is 2.52. The maximum absolute atomic E-state index is 13.2. The average molecular weight is 246 g/mol. The quantitative estimate of drug-likeness (QED) is 0.810. The Labute approximate surface area is 84.3 Å². The first kappa shape index (κ1) is 10.2. The molecule has 1 amide bonds. The molecule has 1 aromatic carbocycles. The summed E-state index contributed by atoms with van der Waals surface area (Å²) in [5.74, 6) is -0.703. The molecular formula is C9H9BrFNO. The topological polar surface area (TPSA) is 29.1 Å². The van der Waals surface area contributed by atoms with Gasteiger partial charge in [-0.25, -0.2) is 4.39 Å². The number of nitrogens with one attached hydrogen (secondary N) is 1. The largest absolute Gasteiger partial charge is 0.324 e. The Hall–Kier alpha value is -0.900. The average Bonchev–Trinajstić information content (AvgIpc) is 1.99. The predicted molar refractivity (Wildman–Crippen MR) is 53.1 cm³/mol. The predicted octanol–water partition coefficient (Wildman–Crippen LogP) is 2.86. The number of carbonyl (C=O) groups is 1. The molecule has 2 nitrogen and oxygen atoms in total. The number of aryl methyl sites for hydroxylation is 1. The third-order valence-corrected chi connectivity index (χ3v) is 2.41. The highest BCUT2D eigenvalue weighted by molar-refractivity contribution is 9.10. The Morgan fingerprint density at radius 3 is 2.69 bits per heavy atom. The van der Waals surface area contributed by atoms with Gasteiger partial charge in [-0.15, -0.1) is 0 Å². The van der Waals surface area contributed by atoms with Crippen molar-refractivity contribution >= 4 is 27.5 Å². The Morgan fingerprint density at radius 2 is 2.15 bits per heavy atom. The molecule has 0 saturated carbocycles. The van der Waals surface area contributed by atoms with Crippen molar-refractivity contribution in [1.29, 1.82) is 0 Å². The van der Waals surface area contributed by atoms with Gasteiger partial charge in [0.25, 0.3) is 0 Å². The molecule has 0 heterocycles. The van der Waals surface area contributed by atoms with Crippen LogP contribution >= 0.6 is 15.9 Å². The summed E-state index contributed by atoms with van der Waals surface area (Å²) in [6.07, 6.45) is 0. The Balaban J connectivity index is 3.08. The molecular weight excluding hydrogens is 237 g/mol. The van der Waals surface area contributed by atoms with E-state index in [0.717, 1.165) is 10.0 Å². The van der Waals surface area contributed by atoms with E-state index in [1.165, 1.54) is 13.0 Å². The highest BCUT2D eigenvalue weighted by Gasteiger charge is 2.06. The molecule has 0 unspecified atom stereocenters. The standard InChI is InChI=1S/C9H9BrFNO/c1-5-3-8(11)9(4-7(5)10)12-6(2)13/h3-4H,1-2H3,(H,12,13). The smallest absolute Gasteiger partial charge is 0.221 e. The van der Waals surface area contributed by atoms with Crippen LogP contribution in [0.2, 0.25) is 0 Å². The van der Waals surface area contributed by atoms with E-state index in [2.05, 4.69) is 21.2 Å². The number of halogens is 2. The maximum Gasteiger partial charge on any atom is 0.221 e. The lowest BCUT2D eigenvalue weighted by Crippen LogP contribution is -2.07. The summed E-state index contributed by atoms with van der Waals surface area (Å²) in [6, 6.07) is 2.92. The molecule has 0 aliphatic rings. The van der Waals surface area contributed by atoms with Crippen LogP contribution in [0, 0.1) is 12.7 Å². The first-order valence-electron chi connectivity index (χ1n) is 3.74. The van der Waals surface area contributed by atoms with Crippen molar-refractivity contribution in [1.82, 2.24) is 0 Å². The molecule has 0 aliphatic carbocycles. The second-order valence-electron chi connectivity index (χ2n) is 2.76. The molecule has 4 heteroatoms. The fraction of sp³-hybridized carbons (Fsp3) is 0.222. The van der Waals surface area contributed by atoms with Gasteiger partial charge in [0.1, 0.15) is 5.82 Å². The van der Waals surface area contributed by atoms with Gasteiger partial charge >= 0.3 is 0 Å². The van der Waals surface area contributed by atoms with Gasteiger partial charge in [0.2, 0.25) is 5.91 Å². The molecule has 0 aromatic heterocycles. The van der Waals surface area contributed by atoms with E-state index in [-0.39, 0.29) is 11.6 Å². The van der Waals surface area contributed by atoms with Crippen LogP contribution in [0.5, 0.6) is 0 Å². The fourth-order valence-corrected chi connectivity index (χ4v) is 1.28. The van der Waals surface area contributed by atoms with Gasteiger partial charge in [-0.1, -0.05) is 15.9 Å². The first-order chi connectivity index (χ1) is 6.00. The maximum atomic E-state index is 13.2. The monoisotopic (exact) mass is 245 g/mol. The SMILES string of the molecule is CC(=O)Nc1cc(Br)c(C)cc1F. The van der Waals surface area contributed by atoms with Crippen molar-refractivity contribution in [2.24, 2.45) is 0 Å². The number of hydrogen-bond acceptors (Lipinski definition) is 1. The zero-order chi connectivity index (χ0) is 10.0. The van der Waals surface area contributed by atoms with Gasteiger partial charge in [-0.2, -0.15) is 0 Å². The molecule has 1 aromatic rings. The van der Waals surface area contributed by atoms with E-state index >= 15 is 0 Å². The van der Waals surface area contributed by atoms with Crippen LogP contribution in [-0.4, -0.2) is 5.91 Å². The van der Waals surface area contributed by atoms with Crippen LogP contribution in [0.3, 0.4) is 0 Å².